The average molecular weight is 325 g/mol. The highest BCUT2D eigenvalue weighted by Crippen LogP contribution is 2.29. The maximum absolute atomic E-state index is 5.76. The van der Waals surface area contributed by atoms with Crippen molar-refractivity contribution in [2.45, 2.75) is 16.7 Å². The summed E-state index contributed by atoms with van der Waals surface area (Å²) in [6, 6.07) is 13.8. The van der Waals surface area contributed by atoms with E-state index in [1.165, 1.54) is 7.11 Å². The summed E-state index contributed by atoms with van der Waals surface area (Å²) >= 11 is 1.67. The molecule has 5 nitrogen and oxygen atoms in total. The number of aryl methyl sites for hydroxylation is 1. The Balaban J connectivity index is 1.71. The second-order valence-corrected chi connectivity index (χ2v) is 5.84. The van der Waals surface area contributed by atoms with Crippen LogP contribution in [0.15, 0.2) is 64.6 Å². The lowest BCUT2D eigenvalue weighted by molar-refractivity contribution is 0.365. The van der Waals surface area contributed by atoms with Crippen LogP contribution in [0, 0.1) is 6.92 Å². The fourth-order valence-corrected chi connectivity index (χ4v) is 2.70. The lowest BCUT2D eigenvalue weighted by atomic mass is 10.3. The molecule has 1 aromatic carbocycles. The minimum Gasteiger partial charge on any atom is -0.467 e. The number of hydrogen-bond donors (Lipinski definition) is 0. The molecule has 0 fully saturated rings. The van der Waals surface area contributed by atoms with Gasteiger partial charge in [-0.3, -0.25) is 4.98 Å². The molecule has 3 rings (SSSR count). The predicted octanol–water partition coefficient (Wildman–Crippen LogP) is 4.13. The Morgan fingerprint density at radius 3 is 2.30 bits per heavy atom. The van der Waals surface area contributed by atoms with Crippen molar-refractivity contribution in [1.82, 2.24) is 15.0 Å². The van der Waals surface area contributed by atoms with Crippen LogP contribution in [0.1, 0.15) is 5.69 Å². The predicted molar refractivity (Wildman–Crippen MR) is 88.2 cm³/mol. The summed E-state index contributed by atoms with van der Waals surface area (Å²) in [6.07, 6.45) is 3.56. The molecule has 0 unspecified atom stereocenters. The Kier molecular flexibility index (Phi) is 4.73. The third-order valence-electron chi connectivity index (χ3n) is 2.92. The number of ether oxygens (including phenoxy) is 2. The maximum atomic E-state index is 5.76. The first-order chi connectivity index (χ1) is 11.2. The van der Waals surface area contributed by atoms with Crippen LogP contribution in [0.25, 0.3) is 0 Å². The van der Waals surface area contributed by atoms with Gasteiger partial charge in [0.1, 0.15) is 5.75 Å². The number of benzene rings is 1. The van der Waals surface area contributed by atoms with Crippen LogP contribution < -0.4 is 9.47 Å². The van der Waals surface area contributed by atoms with Crippen molar-refractivity contribution in [2.24, 2.45) is 0 Å². The zero-order valence-corrected chi connectivity index (χ0v) is 13.6. The smallest absolute Gasteiger partial charge is 0.319 e. The molecule has 0 spiro atoms. The third kappa shape index (κ3) is 4.20. The highest BCUT2D eigenvalue weighted by Gasteiger charge is 2.05. The summed E-state index contributed by atoms with van der Waals surface area (Å²) in [5, 5.41) is 0. The molecular weight excluding hydrogens is 310 g/mol. The van der Waals surface area contributed by atoms with Crippen molar-refractivity contribution in [3.63, 3.8) is 0 Å². The number of nitrogens with zero attached hydrogens (tertiary/aromatic N) is 3. The summed E-state index contributed by atoms with van der Waals surface area (Å²) < 4.78 is 10.8. The minimum absolute atomic E-state index is 0.296. The molecule has 0 N–H and O–H groups in total. The number of aromatic nitrogens is 3. The van der Waals surface area contributed by atoms with Crippen LogP contribution in [0.3, 0.4) is 0 Å². The Bertz CT molecular complexity index is 780. The van der Waals surface area contributed by atoms with E-state index in [1.54, 1.807) is 30.2 Å². The Hall–Kier alpha value is -2.60. The number of methoxy groups -OCH3 is 1. The molecule has 2 heterocycles. The molecule has 23 heavy (non-hydrogen) atoms. The number of hydrogen-bond acceptors (Lipinski definition) is 6. The van der Waals surface area contributed by atoms with Gasteiger partial charge in [0.05, 0.1) is 7.11 Å². The topological polar surface area (TPSA) is 57.1 Å². The van der Waals surface area contributed by atoms with Crippen molar-refractivity contribution in [2.75, 3.05) is 7.11 Å². The molecule has 0 bridgehead atoms. The molecule has 0 atom stereocenters. The molecule has 0 radical (unpaired) electrons. The van der Waals surface area contributed by atoms with Crippen molar-refractivity contribution >= 4 is 11.8 Å². The van der Waals surface area contributed by atoms with Crippen molar-refractivity contribution in [3.05, 3.63) is 60.6 Å². The molecule has 2 aromatic heterocycles. The molecule has 0 aliphatic heterocycles. The molecule has 116 valence electrons. The minimum atomic E-state index is 0.296. The molecular formula is C17H15N3O2S. The first-order valence-electron chi connectivity index (χ1n) is 6.98. The van der Waals surface area contributed by atoms with E-state index in [4.69, 9.17) is 9.47 Å². The van der Waals surface area contributed by atoms with Crippen LogP contribution in [0.2, 0.25) is 0 Å². The van der Waals surface area contributed by atoms with Gasteiger partial charge in [-0.05, 0) is 43.3 Å². The van der Waals surface area contributed by atoms with Crippen LogP contribution in [-0.4, -0.2) is 22.1 Å². The van der Waals surface area contributed by atoms with Gasteiger partial charge in [0.2, 0.25) is 5.88 Å². The molecule has 0 aliphatic rings. The van der Waals surface area contributed by atoms with Gasteiger partial charge in [0.25, 0.3) is 0 Å². The van der Waals surface area contributed by atoms with Gasteiger partial charge in [-0.25, -0.2) is 4.98 Å². The van der Waals surface area contributed by atoms with E-state index in [2.05, 4.69) is 15.0 Å². The fourth-order valence-electron chi connectivity index (χ4n) is 1.90. The van der Waals surface area contributed by atoms with Crippen molar-refractivity contribution < 1.29 is 9.47 Å². The molecule has 0 saturated heterocycles. The summed E-state index contributed by atoms with van der Waals surface area (Å²) in [7, 11) is 1.53. The Morgan fingerprint density at radius 1 is 0.913 bits per heavy atom. The second kappa shape index (κ2) is 7.11. The fraction of sp³-hybridized carbons (Fsp3) is 0.118. The van der Waals surface area contributed by atoms with E-state index in [9.17, 15) is 0 Å². The monoisotopic (exact) mass is 325 g/mol. The van der Waals surface area contributed by atoms with Gasteiger partial charge in [-0.2, -0.15) is 4.98 Å². The average Bonchev–Trinajstić information content (AvgIpc) is 2.57. The molecule has 0 saturated carbocycles. The quantitative estimate of drug-likeness (QED) is 0.703. The number of rotatable bonds is 5. The van der Waals surface area contributed by atoms with Gasteiger partial charge in [0.15, 0.2) is 0 Å². The van der Waals surface area contributed by atoms with Gasteiger partial charge < -0.3 is 9.47 Å². The lowest BCUT2D eigenvalue weighted by Crippen LogP contribution is -1.96. The van der Waals surface area contributed by atoms with Crippen LogP contribution >= 0.6 is 11.8 Å². The van der Waals surface area contributed by atoms with Gasteiger partial charge in [0, 0.05) is 33.9 Å². The van der Waals surface area contributed by atoms with Crippen molar-refractivity contribution in [3.8, 4) is 17.6 Å². The van der Waals surface area contributed by atoms with Gasteiger partial charge in [-0.1, -0.05) is 11.8 Å². The van der Waals surface area contributed by atoms with E-state index >= 15 is 0 Å². The SMILES string of the molecule is COc1nc(C)cc(Oc2ccc(Sc3ccncc3)cc2)n1. The molecule has 3 aromatic rings. The lowest BCUT2D eigenvalue weighted by Gasteiger charge is -2.07. The van der Waals surface area contributed by atoms with E-state index in [1.807, 2.05) is 43.3 Å². The second-order valence-electron chi connectivity index (χ2n) is 4.69. The van der Waals surface area contributed by atoms with E-state index in [-0.39, 0.29) is 0 Å². The first kappa shape index (κ1) is 15.3. The molecule has 0 amide bonds. The van der Waals surface area contributed by atoms with Crippen molar-refractivity contribution in [1.29, 1.82) is 0 Å². The molecule has 0 aliphatic carbocycles. The van der Waals surface area contributed by atoms with E-state index in [0.717, 1.165) is 15.5 Å². The van der Waals surface area contributed by atoms with E-state index < -0.39 is 0 Å². The highest BCUT2D eigenvalue weighted by atomic mass is 32.2. The summed E-state index contributed by atoms with van der Waals surface area (Å²) in [5.74, 6) is 1.17. The normalized spacial score (nSPS) is 10.3. The van der Waals surface area contributed by atoms with Crippen LogP contribution in [0.4, 0.5) is 0 Å². The van der Waals surface area contributed by atoms with Gasteiger partial charge in [-0.15, -0.1) is 0 Å². The summed E-state index contributed by atoms with van der Waals surface area (Å²) in [6.45, 7) is 1.87. The summed E-state index contributed by atoms with van der Waals surface area (Å²) in [4.78, 5) is 14.6. The Labute approximate surface area is 138 Å². The van der Waals surface area contributed by atoms with E-state index in [0.29, 0.717) is 17.6 Å². The first-order valence-corrected chi connectivity index (χ1v) is 7.80. The third-order valence-corrected chi connectivity index (χ3v) is 3.94. The maximum Gasteiger partial charge on any atom is 0.319 e. The zero-order valence-electron chi connectivity index (χ0n) is 12.8. The Morgan fingerprint density at radius 2 is 1.61 bits per heavy atom. The van der Waals surface area contributed by atoms with Gasteiger partial charge >= 0.3 is 6.01 Å². The van der Waals surface area contributed by atoms with Crippen LogP contribution in [-0.2, 0) is 0 Å². The molecule has 6 heteroatoms. The standard InChI is InChI=1S/C17H15N3O2S/c1-12-11-16(20-17(19-12)21-2)22-13-3-5-14(6-4-13)23-15-7-9-18-10-8-15/h3-11H,1-2H3. The largest absolute Gasteiger partial charge is 0.467 e. The number of pyridine rings is 1. The highest BCUT2D eigenvalue weighted by molar-refractivity contribution is 7.99. The van der Waals surface area contributed by atoms with Crippen LogP contribution in [0.5, 0.6) is 17.6 Å². The summed E-state index contributed by atoms with van der Waals surface area (Å²) in [5.41, 5.74) is 0.789. The zero-order chi connectivity index (χ0) is 16.1.